The van der Waals surface area contributed by atoms with Gasteiger partial charge in [-0.1, -0.05) is 41.9 Å². The fourth-order valence-corrected chi connectivity index (χ4v) is 3.81. The molecule has 1 aliphatic heterocycles. The zero-order chi connectivity index (χ0) is 18.8. The largest absolute Gasteiger partial charge is 0.388 e. The Hall–Kier alpha value is -2.22. The van der Waals surface area contributed by atoms with Crippen LogP contribution in [0.5, 0.6) is 0 Å². The lowest BCUT2D eigenvalue weighted by Crippen LogP contribution is -2.28. The molecule has 0 radical (unpaired) electrons. The van der Waals surface area contributed by atoms with Crippen molar-refractivity contribution in [1.29, 1.82) is 0 Å². The maximum absolute atomic E-state index is 10.3. The molecule has 0 amide bonds. The Morgan fingerprint density at radius 2 is 2.07 bits per heavy atom. The summed E-state index contributed by atoms with van der Waals surface area (Å²) in [4.78, 5) is 12.5. The van der Waals surface area contributed by atoms with Crippen LogP contribution in [0, 0.1) is 0 Å². The normalized spacial score (nSPS) is 21.4. The molecule has 8 heteroatoms. The topological polar surface area (TPSA) is 99.1 Å². The highest BCUT2D eigenvalue weighted by atomic mass is 35.5. The van der Waals surface area contributed by atoms with E-state index < -0.39 is 6.10 Å². The molecule has 1 aliphatic rings. The first-order valence-electron chi connectivity index (χ1n) is 9.12. The van der Waals surface area contributed by atoms with Crippen LogP contribution >= 0.6 is 11.6 Å². The van der Waals surface area contributed by atoms with Gasteiger partial charge in [-0.15, -0.1) is 0 Å². The van der Waals surface area contributed by atoms with Crippen LogP contribution in [0.25, 0.3) is 11.2 Å². The number of hydrogen-bond donors (Lipinski definition) is 2. The van der Waals surface area contributed by atoms with Gasteiger partial charge in [0.05, 0.1) is 31.2 Å². The molecule has 3 aromatic rings. The lowest BCUT2D eigenvalue weighted by Gasteiger charge is -2.30. The number of hydrogen-bond acceptors (Lipinski definition) is 6. The minimum absolute atomic E-state index is 0.135. The van der Waals surface area contributed by atoms with Crippen LogP contribution in [0.2, 0.25) is 5.15 Å². The van der Waals surface area contributed by atoms with Crippen LogP contribution in [0.3, 0.4) is 0 Å². The van der Waals surface area contributed by atoms with Crippen molar-refractivity contribution in [2.75, 3.05) is 12.3 Å². The van der Waals surface area contributed by atoms with Crippen LogP contribution in [-0.4, -0.2) is 37.3 Å². The van der Waals surface area contributed by atoms with Crippen molar-refractivity contribution in [3.05, 3.63) is 47.4 Å². The number of aliphatic hydroxyl groups is 1. The number of nitrogens with two attached hydrogens (primary N) is 1. The first-order chi connectivity index (χ1) is 13.1. The van der Waals surface area contributed by atoms with Gasteiger partial charge in [-0.25, -0.2) is 4.98 Å². The number of ether oxygens (including phenoxy) is 1. The Bertz CT molecular complexity index is 909. The summed E-state index contributed by atoms with van der Waals surface area (Å²) in [6.07, 6.45) is 4.79. The minimum atomic E-state index is -0.452. The molecular weight excluding hydrogens is 366 g/mol. The number of rotatable bonds is 5. The van der Waals surface area contributed by atoms with Gasteiger partial charge in [0.25, 0.3) is 0 Å². The van der Waals surface area contributed by atoms with Crippen molar-refractivity contribution in [3.63, 3.8) is 0 Å². The van der Waals surface area contributed by atoms with E-state index in [0.29, 0.717) is 24.2 Å². The molecular formula is C19H22ClN5O2. The van der Waals surface area contributed by atoms with E-state index >= 15 is 0 Å². The van der Waals surface area contributed by atoms with Crippen LogP contribution in [-0.2, 0) is 4.74 Å². The van der Waals surface area contributed by atoms with Crippen molar-refractivity contribution in [2.45, 2.75) is 43.9 Å². The van der Waals surface area contributed by atoms with Crippen LogP contribution in [0.4, 0.5) is 5.95 Å². The molecule has 4 rings (SSSR count). The summed E-state index contributed by atoms with van der Waals surface area (Å²) in [7, 11) is 0. The molecule has 0 bridgehead atoms. The van der Waals surface area contributed by atoms with Gasteiger partial charge in [0.15, 0.2) is 10.8 Å². The van der Waals surface area contributed by atoms with Crippen LogP contribution in [0.1, 0.15) is 43.4 Å². The fraction of sp³-hybridized carbons (Fsp3) is 0.421. The predicted octanol–water partition coefficient (Wildman–Crippen LogP) is 3.30. The van der Waals surface area contributed by atoms with E-state index in [1.54, 1.807) is 6.33 Å². The Morgan fingerprint density at radius 3 is 2.81 bits per heavy atom. The number of imidazole rings is 1. The summed E-state index contributed by atoms with van der Waals surface area (Å²) >= 11 is 6.10. The van der Waals surface area contributed by atoms with Crippen LogP contribution < -0.4 is 5.73 Å². The van der Waals surface area contributed by atoms with E-state index in [1.165, 1.54) is 0 Å². The van der Waals surface area contributed by atoms with Gasteiger partial charge in [0.1, 0.15) is 5.52 Å². The van der Waals surface area contributed by atoms with Crippen molar-refractivity contribution in [2.24, 2.45) is 0 Å². The second-order valence-electron chi connectivity index (χ2n) is 6.89. The van der Waals surface area contributed by atoms with E-state index in [-0.39, 0.29) is 23.2 Å². The second kappa shape index (κ2) is 7.80. The Balaban J connectivity index is 1.35. The predicted molar refractivity (Wildman–Crippen MR) is 103 cm³/mol. The Labute approximate surface area is 162 Å². The van der Waals surface area contributed by atoms with E-state index in [4.69, 9.17) is 22.1 Å². The average molecular weight is 388 g/mol. The van der Waals surface area contributed by atoms with Gasteiger partial charge in [-0.05, 0) is 31.2 Å². The molecule has 0 saturated carbocycles. The molecule has 2 aromatic heterocycles. The molecule has 0 spiro atoms. The van der Waals surface area contributed by atoms with Crippen molar-refractivity contribution in [1.82, 2.24) is 19.5 Å². The monoisotopic (exact) mass is 387 g/mol. The maximum atomic E-state index is 10.3. The molecule has 1 aromatic carbocycles. The van der Waals surface area contributed by atoms with Gasteiger partial charge >= 0.3 is 0 Å². The number of halogens is 1. The van der Waals surface area contributed by atoms with Gasteiger partial charge in [0.2, 0.25) is 5.95 Å². The SMILES string of the molecule is Nc1nc(Cl)c2ncn(C3CCC(CCC(O)c4ccccc4)OC3)c2n1. The van der Waals surface area contributed by atoms with Gasteiger partial charge in [-0.3, -0.25) is 0 Å². The van der Waals surface area contributed by atoms with Crippen molar-refractivity contribution < 1.29 is 9.84 Å². The molecule has 3 N–H and O–H groups in total. The number of nitrogens with zero attached hydrogens (tertiary/aromatic N) is 4. The number of benzene rings is 1. The highest BCUT2D eigenvalue weighted by Crippen LogP contribution is 2.30. The molecule has 1 saturated heterocycles. The van der Waals surface area contributed by atoms with E-state index in [1.807, 2.05) is 34.9 Å². The van der Waals surface area contributed by atoms with E-state index in [9.17, 15) is 5.11 Å². The number of aliphatic hydroxyl groups excluding tert-OH is 1. The molecule has 3 unspecified atom stereocenters. The van der Waals surface area contributed by atoms with Gasteiger partial charge in [-0.2, -0.15) is 9.97 Å². The van der Waals surface area contributed by atoms with Crippen molar-refractivity contribution in [3.8, 4) is 0 Å². The minimum Gasteiger partial charge on any atom is -0.388 e. The standard InChI is InChI=1S/C19H22ClN5O2/c20-17-16-18(24-19(21)23-17)25(11-22-16)13-6-7-14(27-10-13)8-9-15(26)12-4-2-1-3-5-12/h1-5,11,13-15,26H,6-10H2,(H2,21,23,24). The lowest BCUT2D eigenvalue weighted by molar-refractivity contribution is -0.0217. The molecule has 142 valence electrons. The summed E-state index contributed by atoms with van der Waals surface area (Å²) in [6.45, 7) is 0.569. The summed E-state index contributed by atoms with van der Waals surface area (Å²) in [5.74, 6) is 0.138. The molecule has 3 heterocycles. The molecule has 27 heavy (non-hydrogen) atoms. The maximum Gasteiger partial charge on any atom is 0.223 e. The first-order valence-corrected chi connectivity index (χ1v) is 9.50. The fourth-order valence-electron chi connectivity index (χ4n) is 3.59. The highest BCUT2D eigenvalue weighted by Gasteiger charge is 2.25. The molecule has 7 nitrogen and oxygen atoms in total. The van der Waals surface area contributed by atoms with E-state index in [2.05, 4.69) is 15.0 Å². The summed E-state index contributed by atoms with van der Waals surface area (Å²) < 4.78 is 8.01. The highest BCUT2D eigenvalue weighted by molar-refractivity contribution is 6.33. The average Bonchev–Trinajstić information content (AvgIpc) is 3.11. The zero-order valence-electron chi connectivity index (χ0n) is 14.8. The van der Waals surface area contributed by atoms with Gasteiger partial charge < -0.3 is 20.1 Å². The summed E-state index contributed by atoms with van der Waals surface area (Å²) in [6, 6.07) is 9.87. The Morgan fingerprint density at radius 1 is 1.26 bits per heavy atom. The third kappa shape index (κ3) is 3.90. The van der Waals surface area contributed by atoms with Crippen LogP contribution in [0.15, 0.2) is 36.7 Å². The van der Waals surface area contributed by atoms with Crippen molar-refractivity contribution >= 4 is 28.7 Å². The molecule has 1 fully saturated rings. The Kier molecular flexibility index (Phi) is 5.24. The number of aromatic nitrogens is 4. The quantitative estimate of drug-likeness (QED) is 0.651. The smallest absolute Gasteiger partial charge is 0.223 e. The lowest BCUT2D eigenvalue weighted by atomic mass is 9.97. The third-order valence-corrected chi connectivity index (χ3v) is 5.35. The van der Waals surface area contributed by atoms with E-state index in [0.717, 1.165) is 24.8 Å². The second-order valence-corrected chi connectivity index (χ2v) is 7.25. The summed E-state index contributed by atoms with van der Waals surface area (Å²) in [5, 5.41) is 10.6. The third-order valence-electron chi connectivity index (χ3n) is 5.08. The number of nitrogen functional groups attached to an aromatic ring is 1. The zero-order valence-corrected chi connectivity index (χ0v) is 15.6. The first kappa shape index (κ1) is 18.2. The summed E-state index contributed by atoms with van der Waals surface area (Å²) in [5.41, 5.74) is 7.86. The van der Waals surface area contributed by atoms with Gasteiger partial charge in [0, 0.05) is 0 Å². The molecule has 3 atom stereocenters. The molecule has 0 aliphatic carbocycles. The number of anilines is 1. The number of fused-ring (bicyclic) bond motifs is 1.